The van der Waals surface area contributed by atoms with Crippen molar-refractivity contribution in [3.63, 3.8) is 0 Å². The van der Waals surface area contributed by atoms with E-state index >= 15 is 0 Å². The van der Waals surface area contributed by atoms with Crippen LogP contribution < -0.4 is 0 Å². The minimum Gasteiger partial charge on any atom is -0.253 e. The fourth-order valence-electron chi connectivity index (χ4n) is 1.03. The van der Waals surface area contributed by atoms with Gasteiger partial charge in [-0.3, -0.25) is 4.98 Å². The number of rotatable bonds is 2. The fourth-order valence-corrected chi connectivity index (χ4v) is 1.20. The highest BCUT2D eigenvalue weighted by Gasteiger charge is 2.05. The lowest BCUT2D eigenvalue weighted by Crippen LogP contribution is -2.00. The molecule has 12 heavy (non-hydrogen) atoms. The first kappa shape index (κ1) is 9.46. The van der Waals surface area contributed by atoms with Gasteiger partial charge in [0.15, 0.2) is 5.15 Å². The Morgan fingerprint density at radius 2 is 2.17 bits per heavy atom. The van der Waals surface area contributed by atoms with Gasteiger partial charge in [0.2, 0.25) is 0 Å². The predicted octanol–water partition coefficient (Wildman–Crippen LogP) is 2.64. The van der Waals surface area contributed by atoms with Crippen LogP contribution in [0.4, 0.5) is 0 Å². The Hall–Kier alpha value is -0.630. The van der Waals surface area contributed by atoms with Crippen LogP contribution in [0.2, 0.25) is 5.15 Å². The summed E-state index contributed by atoms with van der Waals surface area (Å²) in [6.07, 6.45) is 2.58. The molecule has 66 valence electrons. The van der Waals surface area contributed by atoms with Crippen molar-refractivity contribution in [3.05, 3.63) is 22.7 Å². The molecule has 1 rings (SSSR count). The van der Waals surface area contributed by atoms with Crippen molar-refractivity contribution < 1.29 is 0 Å². The topological polar surface area (TPSA) is 25.8 Å². The highest BCUT2D eigenvalue weighted by atomic mass is 35.5. The summed E-state index contributed by atoms with van der Waals surface area (Å²) >= 11 is 5.87. The molecule has 0 N–H and O–H groups in total. The maximum absolute atomic E-state index is 5.87. The maximum atomic E-state index is 5.87. The number of nitrogens with zero attached hydrogens (tertiary/aromatic N) is 2. The van der Waals surface area contributed by atoms with Crippen LogP contribution in [-0.4, -0.2) is 9.97 Å². The van der Waals surface area contributed by atoms with Gasteiger partial charge in [-0.1, -0.05) is 25.4 Å². The highest BCUT2D eigenvalue weighted by Crippen LogP contribution is 2.14. The second-order valence-corrected chi connectivity index (χ2v) is 3.70. The molecule has 0 aliphatic carbocycles. The van der Waals surface area contributed by atoms with Crippen LogP contribution in [0.15, 0.2) is 6.20 Å². The Bertz CT molecular complexity index is 271. The zero-order valence-electron chi connectivity index (χ0n) is 7.63. The smallest absolute Gasteiger partial charge is 0.150 e. The monoisotopic (exact) mass is 184 g/mol. The lowest BCUT2D eigenvalue weighted by Gasteiger charge is -2.05. The Morgan fingerprint density at radius 3 is 2.75 bits per heavy atom. The van der Waals surface area contributed by atoms with E-state index in [0.29, 0.717) is 11.1 Å². The first-order valence-electron chi connectivity index (χ1n) is 4.07. The third-order valence-corrected chi connectivity index (χ3v) is 1.83. The minimum atomic E-state index is 0.536. The van der Waals surface area contributed by atoms with Crippen molar-refractivity contribution in [2.24, 2.45) is 5.92 Å². The first-order valence-corrected chi connectivity index (χ1v) is 4.45. The van der Waals surface area contributed by atoms with Gasteiger partial charge in [-0.05, 0) is 19.3 Å². The van der Waals surface area contributed by atoms with E-state index in [1.165, 1.54) is 0 Å². The number of hydrogen-bond acceptors (Lipinski definition) is 2. The van der Waals surface area contributed by atoms with E-state index in [2.05, 4.69) is 23.8 Å². The predicted molar refractivity (Wildman–Crippen MR) is 50.3 cm³/mol. The van der Waals surface area contributed by atoms with Crippen LogP contribution in [-0.2, 0) is 6.42 Å². The van der Waals surface area contributed by atoms with Crippen molar-refractivity contribution >= 4 is 11.6 Å². The zero-order chi connectivity index (χ0) is 9.14. The molecular formula is C9H13ClN2. The summed E-state index contributed by atoms with van der Waals surface area (Å²) in [4.78, 5) is 8.35. The van der Waals surface area contributed by atoms with Gasteiger partial charge < -0.3 is 0 Å². The molecule has 0 fully saturated rings. The van der Waals surface area contributed by atoms with Crippen LogP contribution in [0.1, 0.15) is 25.2 Å². The molecule has 1 aromatic rings. The van der Waals surface area contributed by atoms with E-state index in [4.69, 9.17) is 11.6 Å². The molecule has 0 amide bonds. The summed E-state index contributed by atoms with van der Waals surface area (Å²) < 4.78 is 0. The van der Waals surface area contributed by atoms with Gasteiger partial charge in [-0.15, -0.1) is 0 Å². The van der Waals surface area contributed by atoms with E-state index in [-0.39, 0.29) is 0 Å². The summed E-state index contributed by atoms with van der Waals surface area (Å²) in [6.45, 7) is 6.20. The Labute approximate surface area is 78.0 Å². The van der Waals surface area contributed by atoms with Crippen LogP contribution >= 0.6 is 11.6 Å². The van der Waals surface area contributed by atoms with Gasteiger partial charge in [0.05, 0.1) is 11.4 Å². The number of aryl methyl sites for hydroxylation is 1. The highest BCUT2D eigenvalue weighted by molar-refractivity contribution is 6.29. The van der Waals surface area contributed by atoms with Crippen molar-refractivity contribution in [1.82, 2.24) is 9.97 Å². The second kappa shape index (κ2) is 3.85. The van der Waals surface area contributed by atoms with Gasteiger partial charge in [0.25, 0.3) is 0 Å². The molecule has 1 heterocycles. The summed E-state index contributed by atoms with van der Waals surface area (Å²) in [5.74, 6) is 0.568. The van der Waals surface area contributed by atoms with Gasteiger partial charge in [-0.25, -0.2) is 4.98 Å². The largest absolute Gasteiger partial charge is 0.253 e. The van der Waals surface area contributed by atoms with Crippen LogP contribution in [0.3, 0.4) is 0 Å². The quantitative estimate of drug-likeness (QED) is 0.706. The molecule has 0 saturated carbocycles. The van der Waals surface area contributed by atoms with E-state index in [1.54, 1.807) is 6.20 Å². The molecule has 3 heteroatoms. The molecule has 0 radical (unpaired) electrons. The fraction of sp³-hybridized carbons (Fsp3) is 0.556. The van der Waals surface area contributed by atoms with Crippen LogP contribution in [0.5, 0.6) is 0 Å². The van der Waals surface area contributed by atoms with Crippen LogP contribution in [0.25, 0.3) is 0 Å². The van der Waals surface area contributed by atoms with Gasteiger partial charge in [0.1, 0.15) is 0 Å². The average molecular weight is 185 g/mol. The molecule has 1 aromatic heterocycles. The lowest BCUT2D eigenvalue weighted by molar-refractivity contribution is 0.631. The van der Waals surface area contributed by atoms with Gasteiger partial charge in [0, 0.05) is 6.20 Å². The molecule has 0 aliphatic heterocycles. The Balaban J connectivity index is 2.90. The molecule has 0 aromatic carbocycles. The molecule has 0 saturated heterocycles. The lowest BCUT2D eigenvalue weighted by atomic mass is 10.1. The van der Waals surface area contributed by atoms with E-state index in [0.717, 1.165) is 17.8 Å². The molecule has 0 aliphatic rings. The molecule has 0 unspecified atom stereocenters. The number of halogens is 1. The van der Waals surface area contributed by atoms with E-state index < -0.39 is 0 Å². The third-order valence-electron chi connectivity index (χ3n) is 1.52. The van der Waals surface area contributed by atoms with Crippen molar-refractivity contribution in [2.75, 3.05) is 0 Å². The molecule has 0 bridgehead atoms. The van der Waals surface area contributed by atoms with Gasteiger partial charge in [-0.2, -0.15) is 0 Å². The summed E-state index contributed by atoms with van der Waals surface area (Å²) in [5.41, 5.74) is 1.83. The number of hydrogen-bond donors (Lipinski definition) is 0. The SMILES string of the molecule is Cc1cnc(Cl)c(CC(C)C)n1. The van der Waals surface area contributed by atoms with Crippen molar-refractivity contribution in [2.45, 2.75) is 27.2 Å². The molecule has 0 atom stereocenters. The summed E-state index contributed by atoms with van der Waals surface area (Å²) in [5, 5.41) is 0.536. The number of aromatic nitrogens is 2. The van der Waals surface area contributed by atoms with Gasteiger partial charge >= 0.3 is 0 Å². The Morgan fingerprint density at radius 1 is 1.50 bits per heavy atom. The third kappa shape index (κ3) is 2.45. The standard InChI is InChI=1S/C9H13ClN2/c1-6(2)4-8-9(10)11-5-7(3)12-8/h5-6H,4H2,1-3H3. The zero-order valence-corrected chi connectivity index (χ0v) is 8.39. The second-order valence-electron chi connectivity index (χ2n) is 3.35. The molecule has 0 spiro atoms. The first-order chi connectivity index (χ1) is 5.59. The summed E-state index contributed by atoms with van der Waals surface area (Å²) in [6, 6.07) is 0. The average Bonchev–Trinajstić information content (AvgIpc) is 1.96. The molecular weight excluding hydrogens is 172 g/mol. The summed E-state index contributed by atoms with van der Waals surface area (Å²) in [7, 11) is 0. The molecule has 2 nitrogen and oxygen atoms in total. The minimum absolute atomic E-state index is 0.536. The van der Waals surface area contributed by atoms with Crippen molar-refractivity contribution in [1.29, 1.82) is 0 Å². The normalized spacial score (nSPS) is 10.8. The van der Waals surface area contributed by atoms with E-state index in [1.807, 2.05) is 6.92 Å². The van der Waals surface area contributed by atoms with E-state index in [9.17, 15) is 0 Å². The van der Waals surface area contributed by atoms with Crippen LogP contribution in [0, 0.1) is 12.8 Å². The Kier molecular flexibility index (Phi) is 3.04. The van der Waals surface area contributed by atoms with Crippen molar-refractivity contribution in [3.8, 4) is 0 Å². The maximum Gasteiger partial charge on any atom is 0.150 e.